The summed E-state index contributed by atoms with van der Waals surface area (Å²) in [5, 5.41) is 0.274. The van der Waals surface area contributed by atoms with Crippen LogP contribution in [-0.4, -0.2) is 10.9 Å². The van der Waals surface area contributed by atoms with E-state index in [0.717, 1.165) is 21.0 Å². The highest BCUT2D eigenvalue weighted by Gasteiger charge is 2.25. The molecule has 0 saturated heterocycles. The maximum absolute atomic E-state index is 14.1. The number of thiazole rings is 1. The van der Waals surface area contributed by atoms with Gasteiger partial charge in [0.25, 0.3) is 5.91 Å². The molecule has 8 heteroatoms. The van der Waals surface area contributed by atoms with Crippen molar-refractivity contribution in [2.45, 2.75) is 6.54 Å². The Morgan fingerprint density at radius 1 is 1.19 bits per heavy atom. The van der Waals surface area contributed by atoms with Crippen molar-refractivity contribution in [1.29, 1.82) is 0 Å². The summed E-state index contributed by atoms with van der Waals surface area (Å²) >= 11 is 3.14. The molecule has 2 heterocycles. The second-order valence-corrected chi connectivity index (χ2v) is 7.85. The van der Waals surface area contributed by atoms with Gasteiger partial charge < -0.3 is 4.42 Å². The number of halogens is 3. The van der Waals surface area contributed by atoms with Crippen molar-refractivity contribution in [3.05, 3.63) is 81.3 Å². The van der Waals surface area contributed by atoms with Gasteiger partial charge in [0.05, 0.1) is 23.1 Å². The van der Waals surface area contributed by atoms with Gasteiger partial charge in [0.1, 0.15) is 17.1 Å². The van der Waals surface area contributed by atoms with E-state index in [1.165, 1.54) is 17.2 Å². The molecule has 2 aromatic heterocycles. The van der Waals surface area contributed by atoms with Crippen molar-refractivity contribution < 1.29 is 18.0 Å². The number of nitrogens with zero attached hydrogens (tertiary/aromatic N) is 2. The first-order valence-electron chi connectivity index (χ1n) is 7.87. The summed E-state index contributed by atoms with van der Waals surface area (Å²) in [6, 6.07) is 12.6. The number of hydrogen-bond acceptors (Lipinski definition) is 4. The average molecular weight is 496 g/mol. The van der Waals surface area contributed by atoms with Gasteiger partial charge in [-0.1, -0.05) is 23.5 Å². The van der Waals surface area contributed by atoms with Crippen LogP contribution in [0.5, 0.6) is 0 Å². The van der Waals surface area contributed by atoms with Gasteiger partial charge in [0.2, 0.25) is 0 Å². The van der Waals surface area contributed by atoms with Crippen LogP contribution in [0.2, 0.25) is 0 Å². The van der Waals surface area contributed by atoms with E-state index in [1.54, 1.807) is 24.3 Å². The SMILES string of the molecule is O=C(c1ccccc1I)N(Cc1ccco1)c1nc2c(F)cc(F)cc2s1. The minimum atomic E-state index is -0.757. The van der Waals surface area contributed by atoms with Gasteiger partial charge in [0, 0.05) is 9.64 Å². The Balaban J connectivity index is 1.82. The summed E-state index contributed by atoms with van der Waals surface area (Å²) in [6.07, 6.45) is 1.51. The van der Waals surface area contributed by atoms with E-state index in [2.05, 4.69) is 27.6 Å². The fourth-order valence-electron chi connectivity index (χ4n) is 2.63. The normalized spacial score (nSPS) is 11.1. The standard InChI is InChI=1S/C19H11F2IN2O2S/c20-11-8-14(21)17-16(9-11)27-19(23-17)24(10-12-4-3-7-26-12)18(25)13-5-1-2-6-15(13)22/h1-9H,10H2. The van der Waals surface area contributed by atoms with Crippen LogP contribution >= 0.6 is 33.9 Å². The zero-order chi connectivity index (χ0) is 19.0. The zero-order valence-electron chi connectivity index (χ0n) is 13.7. The monoisotopic (exact) mass is 496 g/mol. The maximum atomic E-state index is 14.1. The molecule has 27 heavy (non-hydrogen) atoms. The summed E-state index contributed by atoms with van der Waals surface area (Å²) < 4.78 is 34.1. The number of hydrogen-bond donors (Lipinski definition) is 0. The van der Waals surface area contributed by atoms with E-state index in [4.69, 9.17) is 4.42 Å². The predicted octanol–water partition coefficient (Wildman–Crippen LogP) is 5.62. The summed E-state index contributed by atoms with van der Waals surface area (Å²) in [7, 11) is 0. The van der Waals surface area contributed by atoms with Crippen molar-refractivity contribution in [2.24, 2.45) is 0 Å². The molecule has 0 radical (unpaired) electrons. The van der Waals surface area contributed by atoms with Crippen molar-refractivity contribution in [1.82, 2.24) is 4.98 Å². The predicted molar refractivity (Wildman–Crippen MR) is 108 cm³/mol. The lowest BCUT2D eigenvalue weighted by Crippen LogP contribution is -2.30. The molecule has 0 unspecified atom stereocenters. The van der Waals surface area contributed by atoms with E-state index in [9.17, 15) is 13.6 Å². The molecule has 0 aliphatic heterocycles. The summed E-state index contributed by atoms with van der Waals surface area (Å²) in [5.41, 5.74) is 0.534. The van der Waals surface area contributed by atoms with Gasteiger partial charge in [-0.05, 0) is 52.9 Å². The number of carbonyl (C=O) groups is 1. The maximum Gasteiger partial charge on any atom is 0.261 e. The molecule has 4 rings (SSSR count). The highest BCUT2D eigenvalue weighted by molar-refractivity contribution is 14.1. The highest BCUT2D eigenvalue weighted by Crippen LogP contribution is 2.33. The summed E-state index contributed by atoms with van der Waals surface area (Å²) in [6.45, 7) is 0.126. The second kappa shape index (κ2) is 7.35. The first kappa shape index (κ1) is 18.1. The molecular formula is C19H11F2IN2O2S. The lowest BCUT2D eigenvalue weighted by Gasteiger charge is -2.19. The van der Waals surface area contributed by atoms with Crippen LogP contribution in [0.4, 0.5) is 13.9 Å². The third-order valence-corrected chi connectivity index (χ3v) is 5.84. The van der Waals surface area contributed by atoms with Gasteiger partial charge in [-0.2, -0.15) is 0 Å². The summed E-state index contributed by atoms with van der Waals surface area (Å²) in [4.78, 5) is 18.9. The smallest absolute Gasteiger partial charge is 0.261 e. The fraction of sp³-hybridized carbons (Fsp3) is 0.0526. The Kier molecular flexibility index (Phi) is 4.92. The largest absolute Gasteiger partial charge is 0.467 e. The molecule has 0 aliphatic carbocycles. The number of aromatic nitrogens is 1. The first-order chi connectivity index (χ1) is 13.0. The highest BCUT2D eigenvalue weighted by atomic mass is 127. The molecule has 0 bridgehead atoms. The van der Waals surface area contributed by atoms with Gasteiger partial charge in [-0.3, -0.25) is 9.69 Å². The molecule has 1 amide bonds. The van der Waals surface area contributed by atoms with E-state index in [1.807, 2.05) is 12.1 Å². The Hall–Kier alpha value is -2.33. The molecule has 0 fully saturated rings. The van der Waals surface area contributed by atoms with Crippen molar-refractivity contribution >= 4 is 55.2 Å². The van der Waals surface area contributed by atoms with E-state index >= 15 is 0 Å². The van der Waals surface area contributed by atoms with E-state index in [0.29, 0.717) is 16.0 Å². The molecule has 0 saturated carbocycles. The molecular weight excluding hydrogens is 485 g/mol. The van der Waals surface area contributed by atoms with Gasteiger partial charge in [-0.25, -0.2) is 13.8 Å². The van der Waals surface area contributed by atoms with Crippen LogP contribution < -0.4 is 4.90 Å². The Morgan fingerprint density at radius 3 is 2.74 bits per heavy atom. The molecule has 136 valence electrons. The quantitative estimate of drug-likeness (QED) is 0.345. The first-order valence-corrected chi connectivity index (χ1v) is 9.77. The van der Waals surface area contributed by atoms with Crippen LogP contribution in [0.25, 0.3) is 10.2 Å². The number of rotatable bonds is 4. The minimum absolute atomic E-state index is 0.0383. The second-order valence-electron chi connectivity index (χ2n) is 5.68. The van der Waals surface area contributed by atoms with Gasteiger partial charge >= 0.3 is 0 Å². The summed E-state index contributed by atoms with van der Waals surface area (Å²) in [5.74, 6) is -1.18. The molecule has 0 aliphatic rings. The van der Waals surface area contributed by atoms with Crippen molar-refractivity contribution in [2.75, 3.05) is 4.90 Å². The van der Waals surface area contributed by atoms with Crippen LogP contribution in [-0.2, 0) is 6.54 Å². The number of furan rings is 1. The van der Waals surface area contributed by atoms with E-state index < -0.39 is 11.6 Å². The molecule has 0 atom stereocenters. The Bertz CT molecular complexity index is 1130. The lowest BCUT2D eigenvalue weighted by atomic mass is 10.2. The number of benzene rings is 2. The molecule has 4 aromatic rings. The number of fused-ring (bicyclic) bond motifs is 1. The average Bonchev–Trinajstić information content (AvgIpc) is 3.29. The topological polar surface area (TPSA) is 46.3 Å². The molecule has 2 aromatic carbocycles. The van der Waals surface area contributed by atoms with Crippen LogP contribution in [0.3, 0.4) is 0 Å². The van der Waals surface area contributed by atoms with Gasteiger partial charge in [-0.15, -0.1) is 0 Å². The van der Waals surface area contributed by atoms with Crippen molar-refractivity contribution in [3.8, 4) is 0 Å². The third kappa shape index (κ3) is 3.59. The van der Waals surface area contributed by atoms with Gasteiger partial charge in [0.15, 0.2) is 10.9 Å². The minimum Gasteiger partial charge on any atom is -0.467 e. The number of amides is 1. The lowest BCUT2D eigenvalue weighted by molar-refractivity contribution is 0.0982. The molecule has 0 N–H and O–H groups in total. The number of anilines is 1. The molecule has 4 nitrogen and oxygen atoms in total. The Labute approximate surface area is 170 Å². The molecule has 0 spiro atoms. The fourth-order valence-corrected chi connectivity index (χ4v) is 4.25. The zero-order valence-corrected chi connectivity index (χ0v) is 16.6. The third-order valence-electron chi connectivity index (χ3n) is 3.88. The number of carbonyl (C=O) groups excluding carboxylic acids is 1. The Morgan fingerprint density at radius 2 is 2.00 bits per heavy atom. The van der Waals surface area contributed by atoms with Crippen LogP contribution in [0.15, 0.2) is 59.2 Å². The van der Waals surface area contributed by atoms with Crippen molar-refractivity contribution in [3.63, 3.8) is 0 Å². The van der Waals surface area contributed by atoms with E-state index in [-0.39, 0.29) is 23.1 Å². The van der Waals surface area contributed by atoms with Crippen LogP contribution in [0.1, 0.15) is 16.1 Å². The van der Waals surface area contributed by atoms with Crippen LogP contribution in [0, 0.1) is 15.2 Å².